The zero-order valence-corrected chi connectivity index (χ0v) is 16.0. The number of nitrogens with zero attached hydrogens (tertiary/aromatic N) is 1. The van der Waals surface area contributed by atoms with Crippen LogP contribution in [0, 0.1) is 12.8 Å². The number of nitrogens with one attached hydrogen (secondary N) is 1. The molecule has 0 spiro atoms. The number of aryl methyl sites for hydroxylation is 1. The normalized spacial score (nSPS) is 16.6. The SMILES string of the molecule is Cc1ccc(N2CCCC2)c(C(=O)Nc2cccc(COCC3CC3)c2)c1. The molecule has 1 aliphatic heterocycles. The van der Waals surface area contributed by atoms with E-state index in [9.17, 15) is 4.79 Å². The summed E-state index contributed by atoms with van der Waals surface area (Å²) in [6.07, 6.45) is 4.98. The highest BCUT2D eigenvalue weighted by Gasteiger charge is 2.21. The van der Waals surface area contributed by atoms with E-state index in [1.165, 1.54) is 25.7 Å². The molecule has 142 valence electrons. The highest BCUT2D eigenvalue weighted by Crippen LogP contribution is 2.29. The van der Waals surface area contributed by atoms with Gasteiger partial charge in [0.2, 0.25) is 0 Å². The Hall–Kier alpha value is -2.33. The summed E-state index contributed by atoms with van der Waals surface area (Å²) in [5, 5.41) is 3.08. The van der Waals surface area contributed by atoms with E-state index < -0.39 is 0 Å². The van der Waals surface area contributed by atoms with Gasteiger partial charge in [0, 0.05) is 31.1 Å². The molecular formula is C23H28N2O2. The fourth-order valence-corrected chi connectivity index (χ4v) is 3.63. The molecule has 4 nitrogen and oxygen atoms in total. The third-order valence-electron chi connectivity index (χ3n) is 5.35. The van der Waals surface area contributed by atoms with Gasteiger partial charge in [-0.05, 0) is 68.4 Å². The van der Waals surface area contributed by atoms with Crippen molar-refractivity contribution in [1.82, 2.24) is 0 Å². The highest BCUT2D eigenvalue weighted by molar-refractivity contribution is 6.08. The molecule has 1 N–H and O–H groups in total. The van der Waals surface area contributed by atoms with Crippen LogP contribution in [-0.4, -0.2) is 25.6 Å². The second-order valence-electron chi connectivity index (χ2n) is 7.83. The molecule has 1 amide bonds. The van der Waals surface area contributed by atoms with Crippen molar-refractivity contribution < 1.29 is 9.53 Å². The van der Waals surface area contributed by atoms with Gasteiger partial charge in [-0.2, -0.15) is 0 Å². The Bertz CT molecular complexity index is 808. The lowest BCUT2D eigenvalue weighted by Gasteiger charge is -2.21. The molecule has 0 unspecified atom stereocenters. The van der Waals surface area contributed by atoms with Gasteiger partial charge in [0.15, 0.2) is 0 Å². The zero-order valence-electron chi connectivity index (χ0n) is 16.0. The Kier molecular flexibility index (Phi) is 5.44. The standard InChI is InChI=1S/C23H28N2O2/c1-17-7-10-22(25-11-2-3-12-25)21(13-17)23(26)24-20-6-4-5-19(14-20)16-27-15-18-8-9-18/h4-7,10,13-14,18H,2-3,8-9,11-12,15-16H2,1H3,(H,24,26). The maximum atomic E-state index is 13.0. The topological polar surface area (TPSA) is 41.6 Å². The fourth-order valence-electron chi connectivity index (χ4n) is 3.63. The maximum Gasteiger partial charge on any atom is 0.257 e. The first-order valence-electron chi connectivity index (χ1n) is 10.0. The molecule has 2 aromatic carbocycles. The lowest BCUT2D eigenvalue weighted by atomic mass is 10.1. The number of ether oxygens (including phenoxy) is 1. The Morgan fingerprint density at radius 2 is 1.96 bits per heavy atom. The van der Waals surface area contributed by atoms with Crippen LogP contribution in [0.1, 0.15) is 47.2 Å². The summed E-state index contributed by atoms with van der Waals surface area (Å²) in [6, 6.07) is 14.1. The van der Waals surface area contributed by atoms with E-state index in [1.54, 1.807) is 0 Å². The van der Waals surface area contributed by atoms with Crippen LogP contribution in [0.3, 0.4) is 0 Å². The van der Waals surface area contributed by atoms with Gasteiger partial charge in [-0.1, -0.05) is 23.8 Å². The van der Waals surface area contributed by atoms with Gasteiger partial charge in [-0.15, -0.1) is 0 Å². The van der Waals surface area contributed by atoms with E-state index in [0.29, 0.717) is 6.61 Å². The van der Waals surface area contributed by atoms with E-state index in [1.807, 2.05) is 37.3 Å². The molecule has 1 aliphatic carbocycles. The number of carbonyl (C=O) groups excluding carboxylic acids is 1. The van der Waals surface area contributed by atoms with Gasteiger partial charge < -0.3 is 15.0 Å². The predicted octanol–water partition coefficient (Wildman–Crippen LogP) is 4.77. The van der Waals surface area contributed by atoms with Crippen LogP contribution in [0.4, 0.5) is 11.4 Å². The third kappa shape index (κ3) is 4.69. The summed E-state index contributed by atoms with van der Waals surface area (Å²) >= 11 is 0. The van der Waals surface area contributed by atoms with Gasteiger partial charge in [-0.3, -0.25) is 4.79 Å². The molecule has 0 aromatic heterocycles. The van der Waals surface area contributed by atoms with Crippen molar-refractivity contribution in [1.29, 1.82) is 0 Å². The Morgan fingerprint density at radius 3 is 2.74 bits per heavy atom. The van der Waals surface area contributed by atoms with Crippen LogP contribution in [-0.2, 0) is 11.3 Å². The van der Waals surface area contributed by atoms with Crippen LogP contribution in [0.2, 0.25) is 0 Å². The number of hydrogen-bond acceptors (Lipinski definition) is 3. The molecule has 2 aliphatic rings. The third-order valence-corrected chi connectivity index (χ3v) is 5.35. The van der Waals surface area contributed by atoms with Crippen molar-refractivity contribution >= 4 is 17.3 Å². The second-order valence-corrected chi connectivity index (χ2v) is 7.83. The predicted molar refractivity (Wildman–Crippen MR) is 109 cm³/mol. The molecule has 4 heteroatoms. The summed E-state index contributed by atoms with van der Waals surface area (Å²) in [7, 11) is 0. The number of hydrogen-bond donors (Lipinski definition) is 1. The molecule has 2 aromatic rings. The van der Waals surface area contributed by atoms with E-state index in [2.05, 4.69) is 22.3 Å². The van der Waals surface area contributed by atoms with Crippen LogP contribution < -0.4 is 10.2 Å². The molecule has 0 atom stereocenters. The van der Waals surface area contributed by atoms with Gasteiger partial charge in [0.05, 0.1) is 12.2 Å². The lowest BCUT2D eigenvalue weighted by molar-refractivity contribution is 0.102. The van der Waals surface area contributed by atoms with Gasteiger partial charge in [0.25, 0.3) is 5.91 Å². The summed E-state index contributed by atoms with van der Waals surface area (Å²) in [5.41, 5.74) is 4.82. The average molecular weight is 364 g/mol. The number of amides is 1. The minimum absolute atomic E-state index is 0.0448. The molecule has 1 saturated carbocycles. The van der Waals surface area contributed by atoms with Crippen molar-refractivity contribution in [2.45, 2.75) is 39.2 Å². The molecule has 1 saturated heterocycles. The van der Waals surface area contributed by atoms with E-state index in [-0.39, 0.29) is 5.91 Å². The van der Waals surface area contributed by atoms with E-state index in [4.69, 9.17) is 4.74 Å². The summed E-state index contributed by atoms with van der Waals surface area (Å²) in [5.74, 6) is 0.717. The Morgan fingerprint density at radius 1 is 1.15 bits per heavy atom. The molecular weight excluding hydrogens is 336 g/mol. The first-order chi connectivity index (χ1) is 13.2. The minimum atomic E-state index is -0.0448. The number of anilines is 2. The first kappa shape index (κ1) is 18.1. The van der Waals surface area contributed by atoms with Crippen molar-refractivity contribution in [2.75, 3.05) is 29.9 Å². The maximum absolute atomic E-state index is 13.0. The fraction of sp³-hybridized carbons (Fsp3) is 0.435. The molecule has 4 rings (SSSR count). The van der Waals surface area contributed by atoms with Gasteiger partial charge >= 0.3 is 0 Å². The summed E-state index contributed by atoms with van der Waals surface area (Å²) < 4.78 is 5.77. The zero-order chi connectivity index (χ0) is 18.6. The Balaban J connectivity index is 1.46. The minimum Gasteiger partial charge on any atom is -0.376 e. The van der Waals surface area contributed by atoms with E-state index in [0.717, 1.165) is 53.7 Å². The lowest BCUT2D eigenvalue weighted by Crippen LogP contribution is -2.23. The van der Waals surface area contributed by atoms with Crippen molar-refractivity contribution in [2.24, 2.45) is 5.92 Å². The largest absolute Gasteiger partial charge is 0.376 e. The van der Waals surface area contributed by atoms with Crippen molar-refractivity contribution in [3.63, 3.8) is 0 Å². The second kappa shape index (κ2) is 8.13. The molecule has 1 heterocycles. The number of carbonyl (C=O) groups is 1. The van der Waals surface area contributed by atoms with Crippen molar-refractivity contribution in [3.8, 4) is 0 Å². The van der Waals surface area contributed by atoms with Gasteiger partial charge in [0.1, 0.15) is 0 Å². The molecule has 2 fully saturated rings. The average Bonchev–Trinajstić information content (AvgIpc) is 3.32. The number of benzene rings is 2. The van der Waals surface area contributed by atoms with Crippen LogP contribution in [0.15, 0.2) is 42.5 Å². The van der Waals surface area contributed by atoms with Crippen LogP contribution in [0.5, 0.6) is 0 Å². The first-order valence-corrected chi connectivity index (χ1v) is 10.0. The van der Waals surface area contributed by atoms with Crippen molar-refractivity contribution in [3.05, 3.63) is 59.2 Å². The van der Waals surface area contributed by atoms with Gasteiger partial charge in [-0.25, -0.2) is 0 Å². The highest BCUT2D eigenvalue weighted by atomic mass is 16.5. The molecule has 0 bridgehead atoms. The van der Waals surface area contributed by atoms with E-state index >= 15 is 0 Å². The van der Waals surface area contributed by atoms with Crippen LogP contribution >= 0.6 is 0 Å². The quantitative estimate of drug-likeness (QED) is 0.769. The molecule has 27 heavy (non-hydrogen) atoms. The molecule has 0 radical (unpaired) electrons. The number of rotatable bonds is 7. The Labute approximate surface area is 161 Å². The monoisotopic (exact) mass is 364 g/mol. The summed E-state index contributed by atoms with van der Waals surface area (Å²) in [4.78, 5) is 15.3. The smallest absolute Gasteiger partial charge is 0.257 e. The van der Waals surface area contributed by atoms with Crippen LogP contribution in [0.25, 0.3) is 0 Å². The summed E-state index contributed by atoms with van der Waals surface area (Å²) in [6.45, 7) is 5.53.